The molecule has 0 heterocycles. The first-order valence-electron chi connectivity index (χ1n) is 7.14. The molecule has 3 N–H and O–H groups in total. The summed E-state index contributed by atoms with van der Waals surface area (Å²) < 4.78 is 4.97. The van der Waals surface area contributed by atoms with E-state index in [0.29, 0.717) is 10.0 Å². The van der Waals surface area contributed by atoms with E-state index in [1.54, 1.807) is 19.1 Å². The molecule has 1 atom stereocenters. The fourth-order valence-electron chi connectivity index (χ4n) is 2.12. The third-order valence-corrected chi connectivity index (χ3v) is 3.90. The van der Waals surface area contributed by atoms with Crippen molar-refractivity contribution in [1.29, 1.82) is 0 Å². The van der Waals surface area contributed by atoms with Crippen LogP contribution < -0.4 is 11.1 Å². The summed E-state index contributed by atoms with van der Waals surface area (Å²) in [6.07, 6.45) is 0. The summed E-state index contributed by atoms with van der Waals surface area (Å²) in [5, 5.41) is 3.68. The predicted molar refractivity (Wildman–Crippen MR) is 94.2 cm³/mol. The highest BCUT2D eigenvalue weighted by Gasteiger charge is 2.16. The van der Waals surface area contributed by atoms with Crippen molar-refractivity contribution >= 4 is 40.8 Å². The monoisotopic (exact) mass is 366 g/mol. The lowest BCUT2D eigenvalue weighted by atomic mass is 10.1. The van der Waals surface area contributed by atoms with E-state index in [9.17, 15) is 9.59 Å². The van der Waals surface area contributed by atoms with Gasteiger partial charge in [0.2, 0.25) is 0 Å². The molecule has 0 aliphatic carbocycles. The van der Waals surface area contributed by atoms with Gasteiger partial charge in [-0.2, -0.15) is 0 Å². The predicted octanol–water partition coefficient (Wildman–Crippen LogP) is 3.61. The summed E-state index contributed by atoms with van der Waals surface area (Å²) in [6, 6.07) is 11.3. The van der Waals surface area contributed by atoms with E-state index < -0.39 is 18.5 Å². The van der Waals surface area contributed by atoms with Crippen LogP contribution in [0.15, 0.2) is 42.5 Å². The Labute approximate surface area is 149 Å². The fraction of sp³-hybridized carbons (Fsp3) is 0.176. The summed E-state index contributed by atoms with van der Waals surface area (Å²) in [5.74, 6) is -1.13. The van der Waals surface area contributed by atoms with E-state index >= 15 is 0 Å². The number of carbonyl (C=O) groups is 2. The zero-order valence-corrected chi connectivity index (χ0v) is 14.4. The number of ether oxygens (including phenoxy) is 1. The number of hydrogen-bond acceptors (Lipinski definition) is 4. The molecule has 0 bridgehead atoms. The second-order valence-electron chi connectivity index (χ2n) is 5.12. The van der Waals surface area contributed by atoms with Crippen molar-refractivity contribution in [2.24, 2.45) is 0 Å². The van der Waals surface area contributed by atoms with Crippen LogP contribution in [0.3, 0.4) is 0 Å². The minimum absolute atomic E-state index is 0.159. The molecular weight excluding hydrogens is 351 g/mol. The zero-order valence-electron chi connectivity index (χ0n) is 12.9. The molecule has 2 aromatic carbocycles. The zero-order chi connectivity index (χ0) is 17.7. The number of amides is 1. The molecule has 7 heteroatoms. The van der Waals surface area contributed by atoms with Gasteiger partial charge in [-0.05, 0) is 36.8 Å². The Morgan fingerprint density at radius 1 is 1.21 bits per heavy atom. The van der Waals surface area contributed by atoms with Crippen molar-refractivity contribution in [2.75, 3.05) is 12.3 Å². The molecule has 0 aliphatic heterocycles. The number of benzene rings is 2. The Bertz CT molecular complexity index is 765. The van der Waals surface area contributed by atoms with Crippen LogP contribution in [0.25, 0.3) is 0 Å². The van der Waals surface area contributed by atoms with Gasteiger partial charge in [0.15, 0.2) is 6.61 Å². The second-order valence-corrected chi connectivity index (χ2v) is 5.96. The summed E-state index contributed by atoms with van der Waals surface area (Å²) in [6.45, 7) is 1.37. The normalized spacial score (nSPS) is 11.6. The Kier molecular flexibility index (Phi) is 6.06. The quantitative estimate of drug-likeness (QED) is 0.625. The number of esters is 1. The molecule has 0 aliphatic rings. The number of hydrogen-bond donors (Lipinski definition) is 2. The molecule has 5 nitrogen and oxygen atoms in total. The molecule has 0 unspecified atom stereocenters. The smallest absolute Gasteiger partial charge is 0.340 e. The van der Waals surface area contributed by atoms with Gasteiger partial charge in [0, 0.05) is 15.7 Å². The summed E-state index contributed by atoms with van der Waals surface area (Å²) in [5.41, 5.74) is 6.83. The Hall–Kier alpha value is -2.24. The van der Waals surface area contributed by atoms with Gasteiger partial charge < -0.3 is 15.8 Å². The van der Waals surface area contributed by atoms with Crippen molar-refractivity contribution in [3.05, 3.63) is 63.6 Å². The Balaban J connectivity index is 1.91. The maximum Gasteiger partial charge on any atom is 0.340 e. The number of nitrogen functional groups attached to an aromatic ring is 1. The number of anilines is 1. The van der Waals surface area contributed by atoms with Gasteiger partial charge in [0.05, 0.1) is 11.6 Å². The van der Waals surface area contributed by atoms with Gasteiger partial charge in [-0.1, -0.05) is 41.4 Å². The van der Waals surface area contributed by atoms with Crippen LogP contribution in [0.5, 0.6) is 0 Å². The van der Waals surface area contributed by atoms with E-state index in [2.05, 4.69) is 5.32 Å². The highest BCUT2D eigenvalue weighted by molar-refractivity contribution is 6.31. The van der Waals surface area contributed by atoms with Crippen LogP contribution in [0, 0.1) is 0 Å². The third kappa shape index (κ3) is 4.63. The molecule has 2 aromatic rings. The van der Waals surface area contributed by atoms with Crippen LogP contribution in [0.1, 0.15) is 28.9 Å². The molecule has 1 amide bonds. The molecule has 0 spiro atoms. The third-order valence-electron chi connectivity index (χ3n) is 3.32. The standard InChI is InChI=1S/C17H16Cl2N2O3/c1-10(12-4-2-3-5-14(12)19)21-16(22)9-24-17(23)13-7-6-11(18)8-15(13)20/h2-8,10H,9,20H2,1H3,(H,21,22)/t10-/m0/s1. The van der Waals surface area contributed by atoms with Gasteiger partial charge in [-0.25, -0.2) is 4.79 Å². The minimum atomic E-state index is -0.690. The number of nitrogens with two attached hydrogens (primary N) is 1. The van der Waals surface area contributed by atoms with E-state index in [1.165, 1.54) is 18.2 Å². The lowest BCUT2D eigenvalue weighted by molar-refractivity contribution is -0.124. The molecule has 24 heavy (non-hydrogen) atoms. The minimum Gasteiger partial charge on any atom is -0.452 e. The summed E-state index contributed by atoms with van der Waals surface area (Å²) in [4.78, 5) is 23.9. The van der Waals surface area contributed by atoms with Crippen LogP contribution in [0.4, 0.5) is 5.69 Å². The van der Waals surface area contributed by atoms with Crippen molar-refractivity contribution in [3.8, 4) is 0 Å². The molecule has 0 aromatic heterocycles. The molecule has 0 saturated carbocycles. The van der Waals surface area contributed by atoms with Gasteiger partial charge in [0.25, 0.3) is 5.91 Å². The van der Waals surface area contributed by atoms with Crippen LogP contribution in [-0.2, 0) is 9.53 Å². The van der Waals surface area contributed by atoms with Crippen LogP contribution in [-0.4, -0.2) is 18.5 Å². The van der Waals surface area contributed by atoms with Crippen molar-refractivity contribution < 1.29 is 14.3 Å². The average molecular weight is 367 g/mol. The van der Waals surface area contributed by atoms with Crippen molar-refractivity contribution in [2.45, 2.75) is 13.0 Å². The highest BCUT2D eigenvalue weighted by atomic mass is 35.5. The Morgan fingerprint density at radius 2 is 1.92 bits per heavy atom. The first-order valence-corrected chi connectivity index (χ1v) is 7.90. The lowest BCUT2D eigenvalue weighted by Crippen LogP contribution is -2.31. The van der Waals surface area contributed by atoms with E-state index in [-0.39, 0.29) is 17.3 Å². The highest BCUT2D eigenvalue weighted by Crippen LogP contribution is 2.22. The van der Waals surface area contributed by atoms with E-state index in [1.807, 2.05) is 12.1 Å². The summed E-state index contributed by atoms with van der Waals surface area (Å²) in [7, 11) is 0. The first kappa shape index (κ1) is 18.1. The topological polar surface area (TPSA) is 81.4 Å². The molecule has 0 saturated heterocycles. The SMILES string of the molecule is C[C@H](NC(=O)COC(=O)c1ccc(Cl)cc1N)c1ccccc1Cl. The molecule has 126 valence electrons. The van der Waals surface area contributed by atoms with E-state index in [0.717, 1.165) is 5.56 Å². The van der Waals surface area contributed by atoms with Gasteiger partial charge >= 0.3 is 5.97 Å². The molecule has 2 rings (SSSR count). The first-order chi connectivity index (χ1) is 11.4. The maximum atomic E-state index is 11.9. The van der Waals surface area contributed by atoms with Crippen LogP contribution >= 0.6 is 23.2 Å². The van der Waals surface area contributed by atoms with Crippen LogP contribution in [0.2, 0.25) is 10.0 Å². The van der Waals surface area contributed by atoms with E-state index in [4.69, 9.17) is 33.7 Å². The van der Waals surface area contributed by atoms with Gasteiger partial charge in [-0.15, -0.1) is 0 Å². The lowest BCUT2D eigenvalue weighted by Gasteiger charge is -2.15. The largest absolute Gasteiger partial charge is 0.452 e. The molecular formula is C17H16Cl2N2O3. The number of halogens is 2. The Morgan fingerprint density at radius 3 is 2.58 bits per heavy atom. The maximum absolute atomic E-state index is 11.9. The number of rotatable bonds is 5. The number of carbonyl (C=O) groups excluding carboxylic acids is 2. The van der Waals surface area contributed by atoms with Crippen molar-refractivity contribution in [3.63, 3.8) is 0 Å². The average Bonchev–Trinajstić information content (AvgIpc) is 2.53. The van der Waals surface area contributed by atoms with Gasteiger partial charge in [-0.3, -0.25) is 4.79 Å². The van der Waals surface area contributed by atoms with Crippen molar-refractivity contribution in [1.82, 2.24) is 5.32 Å². The second kappa shape index (κ2) is 8.04. The number of nitrogens with one attached hydrogen (secondary N) is 1. The molecule has 0 radical (unpaired) electrons. The fourth-order valence-corrected chi connectivity index (χ4v) is 2.60. The summed E-state index contributed by atoms with van der Waals surface area (Å²) >= 11 is 11.8. The molecule has 0 fully saturated rings. The van der Waals surface area contributed by atoms with Gasteiger partial charge in [0.1, 0.15) is 0 Å².